The maximum absolute atomic E-state index is 12.6. The Balaban J connectivity index is 1.83. The highest BCUT2D eigenvalue weighted by atomic mass is 32.1. The van der Waals surface area contributed by atoms with Crippen molar-refractivity contribution in [2.24, 2.45) is 0 Å². The van der Waals surface area contributed by atoms with Crippen molar-refractivity contribution in [3.8, 4) is 5.75 Å². The van der Waals surface area contributed by atoms with E-state index in [1.807, 2.05) is 36.4 Å². The summed E-state index contributed by atoms with van der Waals surface area (Å²) in [5, 5.41) is 19.6. The molecule has 26 heavy (non-hydrogen) atoms. The Morgan fingerprint density at radius 1 is 1.04 bits per heavy atom. The van der Waals surface area contributed by atoms with Gasteiger partial charge in [0, 0.05) is 11.1 Å². The van der Waals surface area contributed by atoms with Crippen molar-refractivity contribution in [1.29, 1.82) is 0 Å². The van der Waals surface area contributed by atoms with Gasteiger partial charge in [0.15, 0.2) is 5.01 Å². The number of aliphatic hydroxyl groups is 2. The monoisotopic (exact) mass is 381 g/mol. The standard InChI is InChI=1S/C18H14F3NO3S/c1-25-14-6-5-12-8-11(2-4-13(12)9-14)3-7-15-10-22-16(26-15)17(23,24)18(19,20)21/h2-10,23-24H,1H3/b7-3+. The highest BCUT2D eigenvalue weighted by Crippen LogP contribution is 2.38. The number of rotatable bonds is 4. The summed E-state index contributed by atoms with van der Waals surface area (Å²) in [5.41, 5.74) is 0.840. The minimum Gasteiger partial charge on any atom is -0.497 e. The molecule has 1 heterocycles. The second-order valence-electron chi connectivity index (χ2n) is 5.54. The number of alkyl halides is 3. The van der Waals surface area contributed by atoms with E-state index in [0.29, 0.717) is 16.2 Å². The zero-order chi connectivity index (χ0) is 18.9. The Labute approximate surface area is 150 Å². The van der Waals surface area contributed by atoms with Crippen LogP contribution < -0.4 is 4.74 Å². The van der Waals surface area contributed by atoms with E-state index in [4.69, 9.17) is 4.74 Å². The average molecular weight is 381 g/mol. The minimum absolute atomic E-state index is 0.367. The summed E-state index contributed by atoms with van der Waals surface area (Å²) in [7, 11) is 1.59. The fourth-order valence-corrected chi connectivity index (χ4v) is 3.13. The number of fused-ring (bicyclic) bond motifs is 1. The Kier molecular flexibility index (Phi) is 4.74. The molecule has 3 rings (SSSR count). The van der Waals surface area contributed by atoms with Crippen molar-refractivity contribution in [1.82, 2.24) is 4.98 Å². The number of halogens is 3. The van der Waals surface area contributed by atoms with Crippen molar-refractivity contribution in [3.63, 3.8) is 0 Å². The topological polar surface area (TPSA) is 62.6 Å². The van der Waals surface area contributed by atoms with Crippen LogP contribution in [0, 0.1) is 0 Å². The van der Waals surface area contributed by atoms with Crippen LogP contribution in [-0.2, 0) is 5.79 Å². The van der Waals surface area contributed by atoms with Gasteiger partial charge < -0.3 is 14.9 Å². The van der Waals surface area contributed by atoms with Gasteiger partial charge >= 0.3 is 12.0 Å². The molecule has 0 saturated carbocycles. The van der Waals surface area contributed by atoms with Gasteiger partial charge in [-0.25, -0.2) is 4.98 Å². The molecule has 1 aromatic heterocycles. The second-order valence-corrected chi connectivity index (χ2v) is 6.61. The molecule has 0 spiro atoms. The van der Waals surface area contributed by atoms with Crippen LogP contribution >= 0.6 is 11.3 Å². The first-order chi connectivity index (χ1) is 12.2. The van der Waals surface area contributed by atoms with Gasteiger partial charge in [0.1, 0.15) is 5.75 Å². The Morgan fingerprint density at radius 2 is 1.73 bits per heavy atom. The molecule has 2 aromatic carbocycles. The van der Waals surface area contributed by atoms with Crippen LogP contribution in [0.25, 0.3) is 22.9 Å². The third-order valence-electron chi connectivity index (χ3n) is 3.73. The molecular formula is C18H14F3NO3S. The highest BCUT2D eigenvalue weighted by Gasteiger charge is 2.56. The molecule has 3 aromatic rings. The van der Waals surface area contributed by atoms with E-state index >= 15 is 0 Å². The predicted molar refractivity (Wildman–Crippen MR) is 93.7 cm³/mol. The molecule has 0 aliphatic rings. The van der Waals surface area contributed by atoms with Gasteiger partial charge in [-0.3, -0.25) is 0 Å². The van der Waals surface area contributed by atoms with Crippen LogP contribution in [0.15, 0.2) is 42.6 Å². The lowest BCUT2D eigenvalue weighted by Gasteiger charge is -2.21. The van der Waals surface area contributed by atoms with E-state index in [0.717, 1.165) is 28.3 Å². The van der Waals surface area contributed by atoms with Crippen LogP contribution in [0.1, 0.15) is 15.4 Å². The van der Waals surface area contributed by atoms with Gasteiger partial charge in [0.05, 0.1) is 7.11 Å². The van der Waals surface area contributed by atoms with Gasteiger partial charge in [0.2, 0.25) is 0 Å². The van der Waals surface area contributed by atoms with Crippen LogP contribution in [0.3, 0.4) is 0 Å². The first kappa shape index (κ1) is 18.4. The largest absolute Gasteiger partial charge is 0.497 e. The minimum atomic E-state index is -5.22. The highest BCUT2D eigenvalue weighted by molar-refractivity contribution is 7.12. The second kappa shape index (κ2) is 6.71. The molecule has 0 fully saturated rings. The molecule has 2 N–H and O–H groups in total. The third-order valence-corrected chi connectivity index (χ3v) is 4.79. The number of ether oxygens (including phenoxy) is 1. The van der Waals surface area contributed by atoms with Crippen molar-refractivity contribution in [2.75, 3.05) is 7.11 Å². The molecule has 0 amide bonds. The van der Waals surface area contributed by atoms with Gasteiger partial charge in [0.25, 0.3) is 0 Å². The number of benzene rings is 2. The summed E-state index contributed by atoms with van der Waals surface area (Å²) in [5.74, 6) is -3.20. The lowest BCUT2D eigenvalue weighted by atomic mass is 10.1. The van der Waals surface area contributed by atoms with Gasteiger partial charge in [-0.15, -0.1) is 11.3 Å². The number of nitrogens with zero attached hydrogens (tertiary/aromatic N) is 1. The molecule has 0 unspecified atom stereocenters. The fourth-order valence-electron chi connectivity index (χ4n) is 2.30. The summed E-state index contributed by atoms with van der Waals surface area (Å²) >= 11 is 0.560. The molecule has 0 aliphatic carbocycles. The van der Waals surface area contributed by atoms with Crippen molar-refractivity contribution < 1.29 is 28.1 Å². The molecule has 0 radical (unpaired) electrons. The SMILES string of the molecule is COc1ccc2cc(/C=C/c3cnc(C(O)(O)C(F)(F)F)s3)ccc2c1. The van der Waals surface area contributed by atoms with E-state index in [-0.39, 0.29) is 0 Å². The summed E-state index contributed by atoms with van der Waals surface area (Å²) in [6.45, 7) is 0. The molecule has 0 atom stereocenters. The van der Waals surface area contributed by atoms with Crippen LogP contribution in [-0.4, -0.2) is 28.5 Å². The van der Waals surface area contributed by atoms with Gasteiger partial charge in [-0.2, -0.15) is 13.2 Å². The Bertz CT molecular complexity index is 964. The van der Waals surface area contributed by atoms with Crippen LogP contribution in [0.2, 0.25) is 0 Å². The summed E-state index contributed by atoms with van der Waals surface area (Å²) < 4.78 is 43.0. The van der Waals surface area contributed by atoms with Crippen molar-refractivity contribution in [2.45, 2.75) is 12.0 Å². The zero-order valence-electron chi connectivity index (χ0n) is 13.5. The van der Waals surface area contributed by atoms with E-state index in [1.165, 1.54) is 0 Å². The predicted octanol–water partition coefficient (Wildman–Crippen LogP) is 4.18. The normalized spacial score (nSPS) is 12.8. The molecule has 0 aliphatic heterocycles. The number of aromatic nitrogens is 1. The molecule has 4 nitrogen and oxygen atoms in total. The molecular weight excluding hydrogens is 367 g/mol. The molecule has 0 saturated heterocycles. The lowest BCUT2D eigenvalue weighted by molar-refractivity contribution is -0.358. The lowest BCUT2D eigenvalue weighted by Crippen LogP contribution is -2.41. The first-order valence-corrected chi connectivity index (χ1v) is 8.26. The molecule has 8 heteroatoms. The van der Waals surface area contributed by atoms with Gasteiger partial charge in [-0.05, 0) is 40.6 Å². The number of methoxy groups -OCH3 is 1. The zero-order valence-corrected chi connectivity index (χ0v) is 14.3. The van der Waals surface area contributed by atoms with Crippen molar-refractivity contribution in [3.05, 3.63) is 58.0 Å². The number of hydrogen-bond donors (Lipinski definition) is 2. The smallest absolute Gasteiger partial charge is 0.450 e. The van der Waals surface area contributed by atoms with Crippen molar-refractivity contribution >= 4 is 34.3 Å². The van der Waals surface area contributed by atoms with E-state index in [1.54, 1.807) is 19.3 Å². The quantitative estimate of drug-likeness (QED) is 0.666. The Morgan fingerprint density at radius 3 is 2.42 bits per heavy atom. The van der Waals surface area contributed by atoms with E-state index in [2.05, 4.69) is 4.98 Å². The Hall–Kier alpha value is -2.42. The fraction of sp³-hybridized carbons (Fsp3) is 0.167. The maximum Gasteiger partial charge on any atom is 0.450 e. The maximum atomic E-state index is 12.6. The molecule has 136 valence electrons. The average Bonchev–Trinajstić information content (AvgIpc) is 3.08. The van der Waals surface area contributed by atoms with Crippen LogP contribution in [0.5, 0.6) is 5.75 Å². The third kappa shape index (κ3) is 3.57. The summed E-state index contributed by atoms with van der Waals surface area (Å²) in [6, 6.07) is 11.3. The van der Waals surface area contributed by atoms with E-state index in [9.17, 15) is 23.4 Å². The summed E-state index contributed by atoms with van der Waals surface area (Å²) in [4.78, 5) is 3.84. The van der Waals surface area contributed by atoms with Gasteiger partial charge in [-0.1, -0.05) is 24.3 Å². The van der Waals surface area contributed by atoms with Crippen LogP contribution in [0.4, 0.5) is 13.2 Å². The number of thiazole rings is 1. The molecule has 0 bridgehead atoms. The van der Waals surface area contributed by atoms with E-state index < -0.39 is 17.0 Å². The summed E-state index contributed by atoms with van der Waals surface area (Å²) in [6.07, 6.45) is -0.774. The first-order valence-electron chi connectivity index (χ1n) is 7.44. The number of hydrogen-bond acceptors (Lipinski definition) is 5.